The average Bonchev–Trinajstić information content (AvgIpc) is 2.90. The van der Waals surface area contributed by atoms with Crippen LogP contribution in [-0.2, 0) is 17.9 Å². The zero-order chi connectivity index (χ0) is 16.1. The number of halogens is 1. The third-order valence-electron chi connectivity index (χ3n) is 3.54. The van der Waals surface area contributed by atoms with Gasteiger partial charge in [-0.1, -0.05) is 23.4 Å². The van der Waals surface area contributed by atoms with E-state index < -0.39 is 0 Å². The maximum Gasteiger partial charge on any atom is 0.237 e. The molecule has 0 aliphatic heterocycles. The highest BCUT2D eigenvalue weighted by Gasteiger charge is 2.19. The lowest BCUT2D eigenvalue weighted by Crippen LogP contribution is -2.42. The van der Waals surface area contributed by atoms with Crippen molar-refractivity contribution in [2.24, 2.45) is 0 Å². The minimum Gasteiger partial charge on any atom is -0.361 e. The van der Waals surface area contributed by atoms with Crippen molar-refractivity contribution in [3.8, 4) is 0 Å². The first-order valence-electron chi connectivity index (χ1n) is 7.11. The van der Waals surface area contributed by atoms with Gasteiger partial charge in [-0.05, 0) is 27.0 Å². The number of carbonyl (C=O) groups is 1. The van der Waals surface area contributed by atoms with E-state index in [4.69, 9.17) is 4.52 Å². The summed E-state index contributed by atoms with van der Waals surface area (Å²) in [6, 6.07) is 7.88. The molecule has 2 rings (SSSR count). The predicted octanol–water partition coefficient (Wildman–Crippen LogP) is 2.26. The summed E-state index contributed by atoms with van der Waals surface area (Å²) in [7, 11) is 1.83. The molecule has 1 aromatic carbocycles. The van der Waals surface area contributed by atoms with Gasteiger partial charge in [-0.3, -0.25) is 9.69 Å². The van der Waals surface area contributed by atoms with Crippen molar-refractivity contribution in [2.45, 2.75) is 33.0 Å². The van der Waals surface area contributed by atoms with Crippen molar-refractivity contribution in [2.75, 3.05) is 7.05 Å². The van der Waals surface area contributed by atoms with E-state index in [0.29, 0.717) is 12.1 Å². The second kappa shape index (κ2) is 7.17. The largest absolute Gasteiger partial charge is 0.361 e. The summed E-state index contributed by atoms with van der Waals surface area (Å²) in [6.07, 6.45) is 0. The summed E-state index contributed by atoms with van der Waals surface area (Å²) < 4.78 is 18.5. The van der Waals surface area contributed by atoms with E-state index in [1.165, 1.54) is 6.07 Å². The maximum absolute atomic E-state index is 13.5. The SMILES string of the molecule is Cc1cc(CN(C)C(C)C(=O)NCc2ccccc2F)no1. The Kier molecular flexibility index (Phi) is 5.27. The third-order valence-corrected chi connectivity index (χ3v) is 3.54. The van der Waals surface area contributed by atoms with Crippen LogP contribution in [0, 0.1) is 12.7 Å². The van der Waals surface area contributed by atoms with Crippen molar-refractivity contribution >= 4 is 5.91 Å². The van der Waals surface area contributed by atoms with Crippen LogP contribution in [0.1, 0.15) is 23.9 Å². The first-order chi connectivity index (χ1) is 10.5. The summed E-state index contributed by atoms with van der Waals surface area (Å²) in [5, 5.41) is 6.65. The van der Waals surface area contributed by atoms with Crippen molar-refractivity contribution < 1.29 is 13.7 Å². The Balaban J connectivity index is 1.87. The predicted molar refractivity (Wildman–Crippen MR) is 80.4 cm³/mol. The molecule has 1 unspecified atom stereocenters. The number of nitrogens with one attached hydrogen (secondary N) is 1. The molecule has 0 saturated carbocycles. The quantitative estimate of drug-likeness (QED) is 0.889. The number of hydrogen-bond donors (Lipinski definition) is 1. The first kappa shape index (κ1) is 16.2. The molecular weight excluding hydrogens is 285 g/mol. The normalized spacial score (nSPS) is 12.4. The van der Waals surface area contributed by atoms with E-state index in [1.54, 1.807) is 25.1 Å². The Morgan fingerprint density at radius 3 is 2.82 bits per heavy atom. The average molecular weight is 305 g/mol. The molecule has 1 N–H and O–H groups in total. The molecule has 2 aromatic rings. The Morgan fingerprint density at radius 1 is 1.45 bits per heavy atom. The molecule has 1 heterocycles. The standard InChI is InChI=1S/C16H20FN3O2/c1-11-8-14(19-22-11)10-20(3)12(2)16(21)18-9-13-6-4-5-7-15(13)17/h4-8,12H,9-10H2,1-3H3,(H,18,21). The van der Waals surface area contributed by atoms with E-state index in [-0.39, 0.29) is 24.3 Å². The lowest BCUT2D eigenvalue weighted by Gasteiger charge is -2.22. The molecule has 0 aliphatic rings. The molecule has 0 bridgehead atoms. The lowest BCUT2D eigenvalue weighted by atomic mass is 10.2. The number of nitrogens with zero attached hydrogens (tertiary/aromatic N) is 2. The summed E-state index contributed by atoms with van der Waals surface area (Å²) in [4.78, 5) is 14.0. The van der Waals surface area contributed by atoms with Crippen LogP contribution in [0.2, 0.25) is 0 Å². The number of carbonyl (C=O) groups excluding carboxylic acids is 1. The molecule has 0 radical (unpaired) electrons. The van der Waals surface area contributed by atoms with Gasteiger partial charge < -0.3 is 9.84 Å². The van der Waals surface area contributed by atoms with Gasteiger partial charge in [0, 0.05) is 24.7 Å². The van der Waals surface area contributed by atoms with Crippen molar-refractivity contribution in [3.63, 3.8) is 0 Å². The van der Waals surface area contributed by atoms with Gasteiger partial charge in [-0.2, -0.15) is 0 Å². The minimum absolute atomic E-state index is 0.161. The molecule has 1 atom stereocenters. The highest BCUT2D eigenvalue weighted by molar-refractivity contribution is 5.81. The van der Waals surface area contributed by atoms with Crippen LogP contribution in [0.5, 0.6) is 0 Å². The fourth-order valence-corrected chi connectivity index (χ4v) is 2.06. The second-order valence-electron chi connectivity index (χ2n) is 5.33. The monoisotopic (exact) mass is 305 g/mol. The molecule has 1 amide bonds. The zero-order valence-corrected chi connectivity index (χ0v) is 13.0. The second-order valence-corrected chi connectivity index (χ2v) is 5.33. The molecule has 0 spiro atoms. The van der Waals surface area contributed by atoms with Gasteiger partial charge in [-0.25, -0.2) is 4.39 Å². The van der Waals surface area contributed by atoms with Crippen molar-refractivity contribution in [1.82, 2.24) is 15.4 Å². The van der Waals surface area contributed by atoms with Gasteiger partial charge in [-0.15, -0.1) is 0 Å². The van der Waals surface area contributed by atoms with Gasteiger partial charge in [0.15, 0.2) is 0 Å². The van der Waals surface area contributed by atoms with Crippen LogP contribution < -0.4 is 5.32 Å². The van der Waals surface area contributed by atoms with Crippen molar-refractivity contribution in [1.29, 1.82) is 0 Å². The summed E-state index contributed by atoms with van der Waals surface area (Å²) >= 11 is 0. The Labute approximate surface area is 129 Å². The Hall–Kier alpha value is -2.21. The highest BCUT2D eigenvalue weighted by Crippen LogP contribution is 2.08. The van der Waals surface area contributed by atoms with E-state index in [1.807, 2.05) is 24.9 Å². The highest BCUT2D eigenvalue weighted by atomic mass is 19.1. The molecule has 0 aliphatic carbocycles. The van der Waals surface area contributed by atoms with E-state index >= 15 is 0 Å². The maximum atomic E-state index is 13.5. The summed E-state index contributed by atoms with van der Waals surface area (Å²) in [5.41, 5.74) is 1.24. The number of aromatic nitrogens is 1. The van der Waals surface area contributed by atoms with Gasteiger partial charge in [0.25, 0.3) is 0 Å². The van der Waals surface area contributed by atoms with E-state index in [9.17, 15) is 9.18 Å². The van der Waals surface area contributed by atoms with Crippen LogP contribution in [0.15, 0.2) is 34.9 Å². The van der Waals surface area contributed by atoms with Crippen LogP contribution >= 0.6 is 0 Å². The molecular formula is C16H20FN3O2. The number of rotatable bonds is 6. The fraction of sp³-hybridized carbons (Fsp3) is 0.375. The molecule has 5 nitrogen and oxygen atoms in total. The van der Waals surface area contributed by atoms with Crippen LogP contribution in [0.3, 0.4) is 0 Å². The molecule has 6 heteroatoms. The summed E-state index contributed by atoms with van der Waals surface area (Å²) in [6.45, 7) is 4.29. The molecule has 22 heavy (non-hydrogen) atoms. The Bertz CT molecular complexity index is 642. The molecule has 0 fully saturated rings. The van der Waals surface area contributed by atoms with Crippen molar-refractivity contribution in [3.05, 3.63) is 53.2 Å². The first-order valence-corrected chi connectivity index (χ1v) is 7.11. The minimum atomic E-state index is -0.358. The number of amides is 1. The number of benzene rings is 1. The number of hydrogen-bond acceptors (Lipinski definition) is 4. The smallest absolute Gasteiger partial charge is 0.237 e. The number of aryl methyl sites for hydroxylation is 1. The van der Waals surface area contributed by atoms with Gasteiger partial charge in [0.2, 0.25) is 5.91 Å². The van der Waals surface area contributed by atoms with Gasteiger partial charge in [0.1, 0.15) is 11.6 Å². The van der Waals surface area contributed by atoms with E-state index in [0.717, 1.165) is 11.5 Å². The van der Waals surface area contributed by atoms with E-state index in [2.05, 4.69) is 10.5 Å². The van der Waals surface area contributed by atoms with Crippen LogP contribution in [-0.4, -0.2) is 29.1 Å². The zero-order valence-electron chi connectivity index (χ0n) is 13.0. The topological polar surface area (TPSA) is 58.4 Å². The summed E-state index contributed by atoms with van der Waals surface area (Å²) in [5.74, 6) is 0.257. The lowest BCUT2D eigenvalue weighted by molar-refractivity contribution is -0.125. The molecule has 1 aromatic heterocycles. The van der Waals surface area contributed by atoms with Gasteiger partial charge >= 0.3 is 0 Å². The Morgan fingerprint density at radius 2 is 2.18 bits per heavy atom. The number of likely N-dealkylation sites (N-methyl/N-ethyl adjacent to an activating group) is 1. The molecule has 0 saturated heterocycles. The molecule has 118 valence electrons. The third kappa shape index (κ3) is 4.14. The van der Waals surface area contributed by atoms with Crippen LogP contribution in [0.4, 0.5) is 4.39 Å². The van der Waals surface area contributed by atoms with Gasteiger partial charge in [0.05, 0.1) is 11.7 Å². The van der Waals surface area contributed by atoms with Crippen LogP contribution in [0.25, 0.3) is 0 Å². The fourth-order valence-electron chi connectivity index (χ4n) is 2.06.